The van der Waals surface area contributed by atoms with Gasteiger partial charge in [-0.05, 0) is 32.7 Å². The van der Waals surface area contributed by atoms with E-state index in [9.17, 15) is 18.9 Å². The summed E-state index contributed by atoms with van der Waals surface area (Å²) in [6.07, 6.45) is 0.974. The highest BCUT2D eigenvalue weighted by Gasteiger charge is 2.25. The minimum atomic E-state index is -0.930. The smallest absolute Gasteiger partial charge is 0.275 e. The molecule has 1 fully saturated rings. The molecule has 1 N–H and O–H groups in total. The minimum absolute atomic E-state index is 0.288. The van der Waals surface area contributed by atoms with Crippen molar-refractivity contribution in [1.82, 2.24) is 4.90 Å². The Morgan fingerprint density at radius 3 is 2.52 bits per heavy atom. The van der Waals surface area contributed by atoms with Crippen molar-refractivity contribution in [3.8, 4) is 0 Å². The lowest BCUT2D eigenvalue weighted by Crippen LogP contribution is -2.29. The van der Waals surface area contributed by atoms with Gasteiger partial charge in [-0.25, -0.2) is 8.78 Å². The van der Waals surface area contributed by atoms with Gasteiger partial charge in [0.15, 0.2) is 11.6 Å². The number of nitro benzene ring substituents is 1. The standard InChI is InChI=1S/C14H19F2N3O2/c1-9(2)18-4-3-10(8-18)7-17-14-12(15)5-11(19(20)21)6-13(14)16/h5-6,9-10,17H,3-4,7-8H2,1-2H3. The number of rotatable bonds is 5. The fourth-order valence-corrected chi connectivity index (χ4v) is 2.58. The van der Waals surface area contributed by atoms with Crippen molar-refractivity contribution >= 4 is 11.4 Å². The molecule has 0 spiro atoms. The van der Waals surface area contributed by atoms with E-state index in [1.807, 2.05) is 0 Å². The van der Waals surface area contributed by atoms with Gasteiger partial charge in [0.2, 0.25) is 0 Å². The Morgan fingerprint density at radius 2 is 2.05 bits per heavy atom. The first-order valence-corrected chi connectivity index (χ1v) is 7.00. The second-order valence-electron chi connectivity index (χ2n) is 5.67. The summed E-state index contributed by atoms with van der Waals surface area (Å²) in [5.74, 6) is -1.54. The van der Waals surface area contributed by atoms with Crippen LogP contribution in [0, 0.1) is 27.7 Å². The molecule has 0 radical (unpaired) electrons. The summed E-state index contributed by atoms with van der Waals surface area (Å²) in [5, 5.41) is 13.3. The first-order valence-electron chi connectivity index (χ1n) is 7.00. The van der Waals surface area contributed by atoms with E-state index in [0.29, 0.717) is 18.5 Å². The van der Waals surface area contributed by atoms with Gasteiger partial charge in [-0.1, -0.05) is 0 Å². The second-order valence-corrected chi connectivity index (χ2v) is 5.67. The highest BCUT2D eigenvalue weighted by Crippen LogP contribution is 2.26. The second kappa shape index (κ2) is 6.34. The van der Waals surface area contributed by atoms with Crippen molar-refractivity contribution in [2.75, 3.05) is 25.0 Å². The molecule has 1 aromatic carbocycles. The number of non-ortho nitro benzene ring substituents is 1. The number of benzene rings is 1. The van der Waals surface area contributed by atoms with Gasteiger partial charge in [-0.2, -0.15) is 0 Å². The SMILES string of the molecule is CC(C)N1CCC(CNc2c(F)cc([N+](=O)[O-])cc2F)C1. The summed E-state index contributed by atoms with van der Waals surface area (Å²) in [4.78, 5) is 12.0. The van der Waals surface area contributed by atoms with Crippen LogP contribution in [0.5, 0.6) is 0 Å². The quantitative estimate of drug-likeness (QED) is 0.670. The molecule has 1 heterocycles. The van der Waals surface area contributed by atoms with Crippen molar-refractivity contribution in [3.05, 3.63) is 33.9 Å². The molecule has 0 bridgehead atoms. The number of likely N-dealkylation sites (tertiary alicyclic amines) is 1. The number of halogens is 2. The molecule has 21 heavy (non-hydrogen) atoms. The summed E-state index contributed by atoms with van der Waals surface area (Å²) in [6.45, 7) is 6.56. The molecule has 1 aliphatic rings. The van der Waals surface area contributed by atoms with Crippen LogP contribution in [-0.4, -0.2) is 35.5 Å². The molecule has 116 valence electrons. The number of hydrogen-bond acceptors (Lipinski definition) is 4. The number of nitro groups is 1. The molecular weight excluding hydrogens is 280 g/mol. The topological polar surface area (TPSA) is 58.4 Å². The van der Waals surface area contributed by atoms with E-state index in [0.717, 1.165) is 31.6 Å². The zero-order chi connectivity index (χ0) is 15.6. The van der Waals surface area contributed by atoms with Gasteiger partial charge in [0.05, 0.1) is 17.1 Å². The van der Waals surface area contributed by atoms with Crippen LogP contribution in [0.25, 0.3) is 0 Å². The average Bonchev–Trinajstić information content (AvgIpc) is 2.86. The van der Waals surface area contributed by atoms with Gasteiger partial charge in [-0.15, -0.1) is 0 Å². The maximum atomic E-state index is 13.7. The van der Waals surface area contributed by atoms with Crippen LogP contribution < -0.4 is 5.32 Å². The zero-order valence-electron chi connectivity index (χ0n) is 12.1. The number of anilines is 1. The molecule has 0 amide bonds. The third-order valence-corrected chi connectivity index (χ3v) is 3.85. The van der Waals surface area contributed by atoms with Crippen LogP contribution >= 0.6 is 0 Å². The number of nitrogens with one attached hydrogen (secondary N) is 1. The van der Waals surface area contributed by atoms with Gasteiger partial charge in [0, 0.05) is 19.1 Å². The first kappa shape index (κ1) is 15.6. The summed E-state index contributed by atoms with van der Waals surface area (Å²) in [7, 11) is 0. The lowest BCUT2D eigenvalue weighted by molar-refractivity contribution is -0.385. The van der Waals surface area contributed by atoms with E-state index in [4.69, 9.17) is 0 Å². The van der Waals surface area contributed by atoms with Crippen molar-refractivity contribution in [1.29, 1.82) is 0 Å². The maximum Gasteiger partial charge on any atom is 0.275 e. The molecule has 1 unspecified atom stereocenters. The largest absolute Gasteiger partial charge is 0.380 e. The van der Waals surface area contributed by atoms with E-state index in [-0.39, 0.29) is 5.69 Å². The van der Waals surface area contributed by atoms with Crippen LogP contribution in [0.3, 0.4) is 0 Å². The average molecular weight is 299 g/mol. The molecule has 0 aromatic heterocycles. The number of nitrogens with zero attached hydrogens (tertiary/aromatic N) is 2. The summed E-state index contributed by atoms with van der Waals surface area (Å²) in [6, 6.07) is 1.93. The number of hydrogen-bond donors (Lipinski definition) is 1. The van der Waals surface area contributed by atoms with Crippen LogP contribution in [0.15, 0.2) is 12.1 Å². The van der Waals surface area contributed by atoms with Crippen molar-refractivity contribution in [2.45, 2.75) is 26.3 Å². The zero-order valence-corrected chi connectivity index (χ0v) is 12.1. The minimum Gasteiger partial charge on any atom is -0.380 e. The van der Waals surface area contributed by atoms with Crippen molar-refractivity contribution in [2.24, 2.45) is 5.92 Å². The Labute approximate surface area is 122 Å². The Kier molecular flexibility index (Phi) is 4.72. The summed E-state index contributed by atoms with van der Waals surface area (Å²) >= 11 is 0. The van der Waals surface area contributed by atoms with Crippen LogP contribution in [-0.2, 0) is 0 Å². The maximum absolute atomic E-state index is 13.7. The van der Waals surface area contributed by atoms with Gasteiger partial charge in [0.25, 0.3) is 5.69 Å². The first-order chi connectivity index (χ1) is 9.88. The highest BCUT2D eigenvalue weighted by molar-refractivity contribution is 5.51. The molecular formula is C14H19F2N3O2. The molecule has 1 aromatic rings. The Bertz CT molecular complexity index is 514. The van der Waals surface area contributed by atoms with E-state index in [2.05, 4.69) is 24.1 Å². The van der Waals surface area contributed by atoms with E-state index >= 15 is 0 Å². The molecule has 0 aliphatic carbocycles. The summed E-state index contributed by atoms with van der Waals surface area (Å²) in [5.41, 5.74) is -0.869. The molecule has 1 saturated heterocycles. The predicted octanol–water partition coefficient (Wildman–Crippen LogP) is 3.02. The van der Waals surface area contributed by atoms with Crippen molar-refractivity contribution in [3.63, 3.8) is 0 Å². The predicted molar refractivity (Wildman–Crippen MR) is 76.3 cm³/mol. The van der Waals surface area contributed by atoms with Crippen LogP contribution in [0.4, 0.5) is 20.2 Å². The lowest BCUT2D eigenvalue weighted by Gasteiger charge is -2.20. The lowest BCUT2D eigenvalue weighted by atomic mass is 10.1. The Hall–Kier alpha value is -1.76. The highest BCUT2D eigenvalue weighted by atomic mass is 19.1. The fourth-order valence-electron chi connectivity index (χ4n) is 2.58. The van der Waals surface area contributed by atoms with Crippen LogP contribution in [0.2, 0.25) is 0 Å². The Balaban J connectivity index is 1.99. The normalized spacial score (nSPS) is 19.2. The van der Waals surface area contributed by atoms with Crippen LogP contribution in [0.1, 0.15) is 20.3 Å². The third-order valence-electron chi connectivity index (χ3n) is 3.85. The molecule has 2 rings (SSSR count). The molecule has 7 heteroatoms. The Morgan fingerprint density at radius 1 is 1.43 bits per heavy atom. The molecule has 1 aliphatic heterocycles. The van der Waals surface area contributed by atoms with Gasteiger partial charge < -0.3 is 10.2 Å². The molecule has 0 saturated carbocycles. The van der Waals surface area contributed by atoms with Gasteiger partial charge in [-0.3, -0.25) is 10.1 Å². The van der Waals surface area contributed by atoms with Crippen molar-refractivity contribution < 1.29 is 13.7 Å². The van der Waals surface area contributed by atoms with Gasteiger partial charge >= 0.3 is 0 Å². The van der Waals surface area contributed by atoms with Gasteiger partial charge in [0.1, 0.15) is 5.69 Å². The molecule has 1 atom stereocenters. The molecule has 5 nitrogen and oxygen atoms in total. The third kappa shape index (κ3) is 3.66. The van der Waals surface area contributed by atoms with E-state index in [1.165, 1.54) is 0 Å². The monoisotopic (exact) mass is 299 g/mol. The van der Waals surface area contributed by atoms with E-state index in [1.54, 1.807) is 0 Å². The van der Waals surface area contributed by atoms with E-state index < -0.39 is 22.2 Å². The summed E-state index contributed by atoms with van der Waals surface area (Å²) < 4.78 is 27.5. The fraction of sp³-hybridized carbons (Fsp3) is 0.571.